The van der Waals surface area contributed by atoms with Crippen LogP contribution < -0.4 is 5.32 Å². The number of benzene rings is 1. The van der Waals surface area contributed by atoms with Gasteiger partial charge in [0.1, 0.15) is 5.76 Å². The highest BCUT2D eigenvalue weighted by Gasteiger charge is 2.51. The van der Waals surface area contributed by atoms with Crippen molar-refractivity contribution in [1.29, 1.82) is 0 Å². The van der Waals surface area contributed by atoms with Gasteiger partial charge < -0.3 is 9.84 Å². The Bertz CT molecular complexity index is 609. The average molecular weight is 256 g/mol. The van der Waals surface area contributed by atoms with Crippen LogP contribution in [0, 0.1) is 13.8 Å². The Morgan fingerprint density at radius 1 is 1.26 bits per heavy atom. The minimum atomic E-state index is -0.374. The van der Waals surface area contributed by atoms with Crippen molar-refractivity contribution >= 4 is 11.7 Å². The first-order valence-corrected chi connectivity index (χ1v) is 6.42. The van der Waals surface area contributed by atoms with E-state index in [0.717, 1.165) is 18.4 Å². The van der Waals surface area contributed by atoms with Gasteiger partial charge in [0.15, 0.2) is 5.82 Å². The molecule has 4 heteroatoms. The van der Waals surface area contributed by atoms with Gasteiger partial charge in [-0.1, -0.05) is 35.0 Å². The third-order valence-electron chi connectivity index (χ3n) is 3.66. The van der Waals surface area contributed by atoms with Crippen LogP contribution >= 0.6 is 0 Å². The van der Waals surface area contributed by atoms with Crippen LogP contribution in [0.1, 0.15) is 29.7 Å². The summed E-state index contributed by atoms with van der Waals surface area (Å²) in [5.41, 5.74) is 1.91. The number of amides is 1. The fourth-order valence-electron chi connectivity index (χ4n) is 2.31. The number of carbonyl (C=O) groups excluding carboxylic acids is 1. The summed E-state index contributed by atoms with van der Waals surface area (Å²) in [5.74, 6) is 1.18. The Balaban J connectivity index is 1.81. The predicted molar refractivity (Wildman–Crippen MR) is 72.0 cm³/mol. The Kier molecular flexibility index (Phi) is 2.66. The van der Waals surface area contributed by atoms with E-state index in [1.165, 1.54) is 5.56 Å². The van der Waals surface area contributed by atoms with Gasteiger partial charge in [-0.15, -0.1) is 0 Å². The molecule has 1 fully saturated rings. The van der Waals surface area contributed by atoms with Crippen LogP contribution in [-0.4, -0.2) is 11.1 Å². The molecule has 1 aliphatic rings. The van der Waals surface area contributed by atoms with Crippen LogP contribution in [0.3, 0.4) is 0 Å². The number of aryl methyl sites for hydroxylation is 2. The standard InChI is InChI=1S/C15H16N2O2/c1-10-3-5-12(6-4-10)15(7-8-15)14(18)16-13-9-11(2)19-17-13/h3-6,9H,7-8H2,1-2H3,(H,16,17,18). The number of carbonyl (C=O) groups is 1. The average Bonchev–Trinajstić information content (AvgIpc) is 3.10. The lowest BCUT2D eigenvalue weighted by Gasteiger charge is -2.14. The maximum atomic E-state index is 12.4. The van der Waals surface area contributed by atoms with E-state index >= 15 is 0 Å². The monoisotopic (exact) mass is 256 g/mol. The van der Waals surface area contributed by atoms with Crippen molar-refractivity contribution in [3.8, 4) is 0 Å². The van der Waals surface area contributed by atoms with Crippen molar-refractivity contribution in [1.82, 2.24) is 5.16 Å². The molecule has 1 N–H and O–H groups in total. The number of nitrogens with one attached hydrogen (secondary N) is 1. The van der Waals surface area contributed by atoms with Gasteiger partial charge in [-0.2, -0.15) is 0 Å². The first-order chi connectivity index (χ1) is 9.10. The molecule has 0 unspecified atom stereocenters. The van der Waals surface area contributed by atoms with Crippen molar-refractivity contribution in [3.63, 3.8) is 0 Å². The summed E-state index contributed by atoms with van der Waals surface area (Å²) in [6, 6.07) is 9.89. The fraction of sp³-hybridized carbons (Fsp3) is 0.333. The van der Waals surface area contributed by atoms with E-state index in [4.69, 9.17) is 4.52 Å². The lowest BCUT2D eigenvalue weighted by Crippen LogP contribution is -2.27. The molecular formula is C15H16N2O2. The van der Waals surface area contributed by atoms with Gasteiger partial charge in [-0.3, -0.25) is 4.79 Å². The largest absolute Gasteiger partial charge is 0.360 e. The molecule has 3 rings (SSSR count). The number of anilines is 1. The Labute approximate surface area is 111 Å². The van der Waals surface area contributed by atoms with Crippen LogP contribution in [0.2, 0.25) is 0 Å². The lowest BCUT2D eigenvalue weighted by molar-refractivity contribution is -0.118. The third kappa shape index (κ3) is 2.14. The minimum Gasteiger partial charge on any atom is -0.360 e. The molecule has 2 aromatic rings. The molecule has 0 bridgehead atoms. The summed E-state index contributed by atoms with van der Waals surface area (Å²) in [6.45, 7) is 3.84. The van der Waals surface area contributed by atoms with E-state index < -0.39 is 0 Å². The molecule has 19 heavy (non-hydrogen) atoms. The minimum absolute atomic E-state index is 0.00431. The molecule has 4 nitrogen and oxygen atoms in total. The summed E-state index contributed by atoms with van der Waals surface area (Å²) < 4.78 is 4.96. The van der Waals surface area contributed by atoms with E-state index in [-0.39, 0.29) is 11.3 Å². The number of hydrogen-bond acceptors (Lipinski definition) is 3. The molecular weight excluding hydrogens is 240 g/mol. The fourth-order valence-corrected chi connectivity index (χ4v) is 2.31. The van der Waals surface area contributed by atoms with Gasteiger partial charge in [0.05, 0.1) is 5.41 Å². The highest BCUT2D eigenvalue weighted by molar-refractivity contribution is 6.00. The number of nitrogens with zero attached hydrogens (tertiary/aromatic N) is 1. The quantitative estimate of drug-likeness (QED) is 0.918. The van der Waals surface area contributed by atoms with Gasteiger partial charge in [0.2, 0.25) is 5.91 Å². The SMILES string of the molecule is Cc1ccc(C2(C(=O)Nc3cc(C)on3)CC2)cc1. The zero-order valence-electron chi connectivity index (χ0n) is 11.1. The molecule has 0 aliphatic heterocycles. The molecule has 1 saturated carbocycles. The number of hydrogen-bond donors (Lipinski definition) is 1. The Hall–Kier alpha value is -2.10. The number of rotatable bonds is 3. The third-order valence-corrected chi connectivity index (χ3v) is 3.66. The summed E-state index contributed by atoms with van der Waals surface area (Å²) in [5, 5.41) is 6.63. The molecule has 1 aromatic heterocycles. The van der Waals surface area contributed by atoms with Gasteiger partial charge in [-0.25, -0.2) is 0 Å². The second-order valence-corrected chi connectivity index (χ2v) is 5.23. The van der Waals surface area contributed by atoms with Crippen LogP contribution in [-0.2, 0) is 10.2 Å². The molecule has 0 saturated heterocycles. The van der Waals surface area contributed by atoms with Crippen LogP contribution in [0.5, 0.6) is 0 Å². The van der Waals surface area contributed by atoms with Gasteiger partial charge in [0.25, 0.3) is 0 Å². The van der Waals surface area contributed by atoms with E-state index in [1.807, 2.05) is 31.2 Å². The molecule has 1 amide bonds. The van der Waals surface area contributed by atoms with E-state index in [1.54, 1.807) is 13.0 Å². The zero-order chi connectivity index (χ0) is 13.5. The smallest absolute Gasteiger partial charge is 0.236 e. The predicted octanol–water partition coefficient (Wildman–Crippen LogP) is 2.96. The van der Waals surface area contributed by atoms with E-state index in [0.29, 0.717) is 11.6 Å². The van der Waals surface area contributed by atoms with Gasteiger partial charge in [0, 0.05) is 6.07 Å². The molecule has 0 radical (unpaired) electrons. The summed E-state index contributed by atoms with van der Waals surface area (Å²) in [7, 11) is 0. The molecule has 98 valence electrons. The van der Waals surface area contributed by atoms with E-state index in [2.05, 4.69) is 10.5 Å². The van der Waals surface area contributed by atoms with Gasteiger partial charge >= 0.3 is 0 Å². The van der Waals surface area contributed by atoms with Crippen molar-refractivity contribution in [2.75, 3.05) is 5.32 Å². The molecule has 0 atom stereocenters. The Morgan fingerprint density at radius 3 is 2.47 bits per heavy atom. The lowest BCUT2D eigenvalue weighted by atomic mass is 9.94. The first-order valence-electron chi connectivity index (χ1n) is 6.42. The summed E-state index contributed by atoms with van der Waals surface area (Å²) in [4.78, 5) is 12.4. The zero-order valence-corrected chi connectivity index (χ0v) is 11.1. The molecule has 1 aliphatic carbocycles. The summed E-state index contributed by atoms with van der Waals surface area (Å²) in [6.07, 6.45) is 1.78. The van der Waals surface area contributed by atoms with Crippen molar-refractivity contribution in [3.05, 3.63) is 47.2 Å². The maximum absolute atomic E-state index is 12.4. The molecule has 1 aromatic carbocycles. The van der Waals surface area contributed by atoms with Crippen molar-refractivity contribution in [2.45, 2.75) is 32.1 Å². The number of aromatic nitrogens is 1. The topological polar surface area (TPSA) is 55.1 Å². The molecule has 0 spiro atoms. The first kappa shape index (κ1) is 12.0. The van der Waals surface area contributed by atoms with Crippen LogP contribution in [0.25, 0.3) is 0 Å². The second kappa shape index (κ2) is 4.23. The maximum Gasteiger partial charge on any atom is 0.236 e. The highest BCUT2D eigenvalue weighted by atomic mass is 16.5. The molecule has 1 heterocycles. The van der Waals surface area contributed by atoms with Crippen molar-refractivity contribution < 1.29 is 9.32 Å². The summed E-state index contributed by atoms with van der Waals surface area (Å²) >= 11 is 0. The van der Waals surface area contributed by atoms with Crippen molar-refractivity contribution in [2.24, 2.45) is 0 Å². The Morgan fingerprint density at radius 2 is 1.95 bits per heavy atom. The van der Waals surface area contributed by atoms with Crippen LogP contribution in [0.15, 0.2) is 34.9 Å². The van der Waals surface area contributed by atoms with Gasteiger partial charge in [-0.05, 0) is 32.3 Å². The highest BCUT2D eigenvalue weighted by Crippen LogP contribution is 2.49. The second-order valence-electron chi connectivity index (χ2n) is 5.23. The van der Waals surface area contributed by atoms with Crippen LogP contribution in [0.4, 0.5) is 5.82 Å². The normalized spacial score (nSPS) is 16.1. The van der Waals surface area contributed by atoms with E-state index in [9.17, 15) is 4.79 Å².